The second kappa shape index (κ2) is 8.03. The van der Waals surface area contributed by atoms with Crippen LogP contribution in [0, 0.1) is 0 Å². The molecule has 12 nitrogen and oxygen atoms in total. The van der Waals surface area contributed by atoms with Crippen LogP contribution in [0.5, 0.6) is 0 Å². The maximum absolute atomic E-state index is 12.2. The van der Waals surface area contributed by atoms with Gasteiger partial charge in [-0.2, -0.15) is 0 Å². The van der Waals surface area contributed by atoms with Gasteiger partial charge in [0, 0.05) is 18.2 Å². The summed E-state index contributed by atoms with van der Waals surface area (Å²) in [6, 6.07) is 5.83. The fraction of sp³-hybridized carbons (Fsp3) is 0.312. The number of H-pyrrole nitrogens is 1. The van der Waals surface area contributed by atoms with Gasteiger partial charge in [0.2, 0.25) is 5.91 Å². The number of rotatable bonds is 6. The number of aromatic amines is 1. The summed E-state index contributed by atoms with van der Waals surface area (Å²) in [5.74, 6) is -0.632. The summed E-state index contributed by atoms with van der Waals surface area (Å²) in [7, 11) is -4.75. The molecule has 13 heteroatoms. The Kier molecular flexibility index (Phi) is 5.85. The van der Waals surface area contributed by atoms with Crippen molar-refractivity contribution >= 4 is 13.7 Å². The van der Waals surface area contributed by atoms with Crippen LogP contribution in [0.15, 0.2) is 40.1 Å². The maximum atomic E-state index is 12.2. The molecule has 2 heterocycles. The third kappa shape index (κ3) is 4.88. The molecule has 0 spiro atoms. The zero-order chi connectivity index (χ0) is 21.3. The highest BCUT2D eigenvalue weighted by Crippen LogP contribution is 2.38. The largest absolute Gasteiger partial charge is 0.469 e. The standard InChI is InChI=1S/C16H18N3O9P/c17-14(21)9-3-1-8(2-4-9)10-6-19(16(23)18-15(10)22)13-5-11(20)12(28-13)7-27-29(24,25)26/h1-4,6,11-13,20H,5,7H2,(H2,17,21)(H,18,22,23)(H2,24,25,26). The smallest absolute Gasteiger partial charge is 0.390 e. The normalized spacial score (nSPS) is 22.0. The fourth-order valence-electron chi connectivity index (χ4n) is 2.93. The number of nitrogens with one attached hydrogen (secondary N) is 1. The number of nitrogens with two attached hydrogens (primary N) is 1. The van der Waals surface area contributed by atoms with E-state index in [1.54, 1.807) is 0 Å². The molecule has 3 rings (SSSR count). The van der Waals surface area contributed by atoms with Crippen LogP contribution in [0.25, 0.3) is 11.1 Å². The van der Waals surface area contributed by atoms with Gasteiger partial charge in [-0.05, 0) is 17.7 Å². The number of hydrogen-bond donors (Lipinski definition) is 5. The fourth-order valence-corrected chi connectivity index (χ4v) is 3.27. The van der Waals surface area contributed by atoms with E-state index >= 15 is 0 Å². The zero-order valence-corrected chi connectivity index (χ0v) is 15.7. The summed E-state index contributed by atoms with van der Waals surface area (Å²) in [4.78, 5) is 55.3. The Morgan fingerprint density at radius 2 is 1.97 bits per heavy atom. The minimum Gasteiger partial charge on any atom is -0.390 e. The molecule has 1 aliphatic heterocycles. The second-order valence-corrected chi connectivity index (χ2v) is 7.61. The monoisotopic (exact) mass is 427 g/mol. The first-order valence-corrected chi connectivity index (χ1v) is 9.87. The highest BCUT2D eigenvalue weighted by molar-refractivity contribution is 7.46. The van der Waals surface area contributed by atoms with Crippen LogP contribution in [0.2, 0.25) is 0 Å². The molecule has 1 fully saturated rings. The summed E-state index contributed by atoms with van der Waals surface area (Å²) in [5.41, 5.74) is 4.48. The molecule has 156 valence electrons. The van der Waals surface area contributed by atoms with Crippen molar-refractivity contribution in [2.45, 2.75) is 24.9 Å². The molecule has 3 atom stereocenters. The predicted octanol–water partition coefficient (Wildman–Crippen LogP) is -0.940. The van der Waals surface area contributed by atoms with Crippen LogP contribution in [0.1, 0.15) is 23.0 Å². The van der Waals surface area contributed by atoms with Crippen LogP contribution < -0.4 is 17.0 Å². The topological polar surface area (TPSA) is 194 Å². The molecule has 1 aromatic heterocycles. The Bertz CT molecular complexity index is 1070. The van der Waals surface area contributed by atoms with Crippen molar-refractivity contribution in [1.29, 1.82) is 0 Å². The van der Waals surface area contributed by atoms with E-state index in [-0.39, 0.29) is 17.5 Å². The molecule has 3 unspecified atom stereocenters. The van der Waals surface area contributed by atoms with E-state index < -0.39 is 50.0 Å². The number of aromatic nitrogens is 2. The molecule has 1 amide bonds. The van der Waals surface area contributed by atoms with Crippen LogP contribution in [-0.2, 0) is 13.8 Å². The van der Waals surface area contributed by atoms with Gasteiger partial charge < -0.3 is 25.4 Å². The van der Waals surface area contributed by atoms with Crippen molar-refractivity contribution in [3.05, 3.63) is 56.9 Å². The van der Waals surface area contributed by atoms with E-state index in [0.29, 0.717) is 5.56 Å². The molecule has 1 saturated heterocycles. The van der Waals surface area contributed by atoms with Crippen LogP contribution in [0.4, 0.5) is 0 Å². The number of nitrogens with zero attached hydrogens (tertiary/aromatic N) is 1. The van der Waals surface area contributed by atoms with Crippen LogP contribution in [0.3, 0.4) is 0 Å². The van der Waals surface area contributed by atoms with E-state index in [1.807, 2.05) is 0 Å². The predicted molar refractivity (Wildman–Crippen MR) is 97.8 cm³/mol. The van der Waals surface area contributed by atoms with Crippen LogP contribution in [-0.4, -0.2) is 49.2 Å². The van der Waals surface area contributed by atoms with Crippen molar-refractivity contribution in [3.63, 3.8) is 0 Å². The number of benzene rings is 1. The van der Waals surface area contributed by atoms with Gasteiger partial charge in [-0.15, -0.1) is 0 Å². The number of phosphoric acid groups is 1. The third-order valence-electron chi connectivity index (χ3n) is 4.37. The average Bonchev–Trinajstić information content (AvgIpc) is 3.00. The molecule has 1 aliphatic rings. The van der Waals surface area contributed by atoms with Gasteiger partial charge in [0.1, 0.15) is 12.3 Å². The number of carbonyl (C=O) groups is 1. The number of aliphatic hydroxyl groups is 1. The molecule has 2 aromatic rings. The molecule has 0 saturated carbocycles. The number of primary amides is 1. The highest BCUT2D eigenvalue weighted by Gasteiger charge is 2.37. The average molecular weight is 427 g/mol. The summed E-state index contributed by atoms with van der Waals surface area (Å²) in [5, 5.41) is 10.0. The molecule has 29 heavy (non-hydrogen) atoms. The van der Waals surface area contributed by atoms with Gasteiger partial charge in [-0.1, -0.05) is 12.1 Å². The number of phosphoric ester groups is 1. The summed E-state index contributed by atoms with van der Waals surface area (Å²) in [6.45, 7) is -0.582. The lowest BCUT2D eigenvalue weighted by molar-refractivity contribution is -0.0450. The zero-order valence-electron chi connectivity index (χ0n) is 14.8. The minimum atomic E-state index is -4.75. The maximum Gasteiger partial charge on any atom is 0.469 e. The summed E-state index contributed by atoms with van der Waals surface area (Å²) in [6.07, 6.45) is -2.05. The first-order chi connectivity index (χ1) is 13.5. The highest BCUT2D eigenvalue weighted by atomic mass is 31.2. The number of aliphatic hydroxyl groups excluding tert-OH is 1. The van der Waals surface area contributed by atoms with Crippen LogP contribution >= 0.6 is 7.82 Å². The Labute approximate surface area is 162 Å². The van der Waals surface area contributed by atoms with Gasteiger partial charge in [0.15, 0.2) is 0 Å². The van der Waals surface area contributed by atoms with Gasteiger partial charge in [0.05, 0.1) is 18.3 Å². The number of amides is 1. The first kappa shape index (κ1) is 21.1. The number of ether oxygens (including phenoxy) is 1. The molecule has 1 aromatic carbocycles. The van der Waals surface area contributed by atoms with Crippen molar-refractivity contribution in [3.8, 4) is 11.1 Å². The molecule has 0 radical (unpaired) electrons. The van der Waals surface area contributed by atoms with E-state index in [9.17, 15) is 24.1 Å². The van der Waals surface area contributed by atoms with Gasteiger partial charge in [-0.25, -0.2) is 9.36 Å². The van der Waals surface area contributed by atoms with E-state index in [1.165, 1.54) is 30.5 Å². The van der Waals surface area contributed by atoms with Crippen molar-refractivity contribution in [1.82, 2.24) is 9.55 Å². The van der Waals surface area contributed by atoms with E-state index in [2.05, 4.69) is 9.51 Å². The van der Waals surface area contributed by atoms with Crippen molar-refractivity contribution in [2.75, 3.05) is 6.61 Å². The summed E-state index contributed by atoms with van der Waals surface area (Å²) < 4.78 is 21.7. The first-order valence-electron chi connectivity index (χ1n) is 8.34. The summed E-state index contributed by atoms with van der Waals surface area (Å²) >= 11 is 0. The minimum absolute atomic E-state index is 0.0683. The molecular weight excluding hydrogens is 409 g/mol. The lowest BCUT2D eigenvalue weighted by Crippen LogP contribution is -2.33. The second-order valence-electron chi connectivity index (χ2n) is 6.37. The SMILES string of the molecule is NC(=O)c1ccc(-c2cn(C3CC(O)C(COP(=O)(O)O)O3)c(=O)[nH]c2=O)cc1. The number of carbonyl (C=O) groups excluding carboxylic acids is 1. The quantitative estimate of drug-likeness (QED) is 0.362. The third-order valence-corrected chi connectivity index (χ3v) is 4.86. The molecule has 0 aliphatic carbocycles. The molecule has 0 bridgehead atoms. The van der Waals surface area contributed by atoms with Gasteiger partial charge in [-0.3, -0.25) is 23.7 Å². The molecular formula is C16H18N3O9P. The van der Waals surface area contributed by atoms with Gasteiger partial charge >= 0.3 is 13.5 Å². The Balaban J connectivity index is 1.88. The van der Waals surface area contributed by atoms with Crippen molar-refractivity contribution < 1.29 is 33.5 Å². The van der Waals surface area contributed by atoms with E-state index in [0.717, 1.165) is 4.57 Å². The number of hydrogen-bond acceptors (Lipinski definition) is 7. The van der Waals surface area contributed by atoms with Crippen molar-refractivity contribution in [2.24, 2.45) is 5.73 Å². The Morgan fingerprint density at radius 1 is 1.31 bits per heavy atom. The lowest BCUT2D eigenvalue weighted by atomic mass is 10.1. The van der Waals surface area contributed by atoms with E-state index in [4.69, 9.17) is 20.3 Å². The van der Waals surface area contributed by atoms with Gasteiger partial charge in [0.25, 0.3) is 5.56 Å². The lowest BCUT2D eigenvalue weighted by Gasteiger charge is -2.17. The molecule has 6 N–H and O–H groups in total. The Morgan fingerprint density at radius 3 is 2.55 bits per heavy atom. The Hall–Kier alpha value is -2.60.